The molecule has 0 radical (unpaired) electrons. The molecule has 0 unspecified atom stereocenters. The van der Waals surface area contributed by atoms with Gasteiger partial charge < -0.3 is 9.64 Å². The molecule has 1 saturated heterocycles. The standard InChI is InChI=1S/C25H22Cl2FN3O3/c1-15-5-8-18(9-6-15)31-13-16(11-24(31)32)25(33)30-29-22-12-17(26)7-10-23(22)34-14-19-20(27)3-2-4-21(19)28/h2-10,12,16,29H,11,13-14H2,1H3,(H,30,33)/t16-/m1/s1. The van der Waals surface area contributed by atoms with Gasteiger partial charge in [-0.3, -0.25) is 20.4 Å². The summed E-state index contributed by atoms with van der Waals surface area (Å²) in [6, 6.07) is 16.7. The van der Waals surface area contributed by atoms with E-state index in [0.717, 1.165) is 11.3 Å². The van der Waals surface area contributed by atoms with Gasteiger partial charge in [-0.25, -0.2) is 4.39 Å². The Balaban J connectivity index is 1.40. The van der Waals surface area contributed by atoms with Gasteiger partial charge in [0, 0.05) is 29.2 Å². The number of ether oxygens (including phenoxy) is 1. The molecule has 34 heavy (non-hydrogen) atoms. The first-order valence-electron chi connectivity index (χ1n) is 10.6. The molecule has 1 heterocycles. The highest BCUT2D eigenvalue weighted by Crippen LogP contribution is 2.30. The van der Waals surface area contributed by atoms with E-state index in [-0.39, 0.29) is 42.0 Å². The highest BCUT2D eigenvalue weighted by Gasteiger charge is 2.35. The second-order valence-corrected chi connectivity index (χ2v) is 8.83. The Labute approximate surface area is 206 Å². The average Bonchev–Trinajstić information content (AvgIpc) is 3.20. The van der Waals surface area contributed by atoms with Crippen LogP contribution in [0.5, 0.6) is 5.75 Å². The van der Waals surface area contributed by atoms with Gasteiger partial charge in [0.15, 0.2) is 0 Å². The van der Waals surface area contributed by atoms with Crippen LogP contribution in [0.15, 0.2) is 60.7 Å². The first-order valence-corrected chi connectivity index (χ1v) is 11.4. The molecule has 9 heteroatoms. The molecule has 1 atom stereocenters. The molecule has 6 nitrogen and oxygen atoms in total. The number of hydrogen-bond donors (Lipinski definition) is 2. The smallest absolute Gasteiger partial charge is 0.243 e. The number of aryl methyl sites for hydroxylation is 1. The van der Waals surface area contributed by atoms with E-state index in [0.29, 0.717) is 16.5 Å². The average molecular weight is 502 g/mol. The molecular formula is C25H22Cl2FN3O3. The SMILES string of the molecule is Cc1ccc(N2C[C@H](C(=O)NNc3cc(Cl)ccc3OCc3c(F)cccc3Cl)CC2=O)cc1. The molecule has 0 bridgehead atoms. The van der Waals surface area contributed by atoms with Crippen LogP contribution >= 0.6 is 23.2 Å². The van der Waals surface area contributed by atoms with Crippen molar-refractivity contribution in [2.24, 2.45) is 5.92 Å². The normalized spacial score (nSPS) is 15.4. The summed E-state index contributed by atoms with van der Waals surface area (Å²) in [6.45, 7) is 2.13. The van der Waals surface area contributed by atoms with Gasteiger partial charge in [-0.1, -0.05) is 47.0 Å². The fraction of sp³-hybridized carbons (Fsp3) is 0.200. The molecule has 0 aromatic heterocycles. The first-order chi connectivity index (χ1) is 16.3. The Morgan fingerprint density at radius 2 is 1.91 bits per heavy atom. The fourth-order valence-corrected chi connectivity index (χ4v) is 4.02. The summed E-state index contributed by atoms with van der Waals surface area (Å²) in [6.07, 6.45) is 0.103. The van der Waals surface area contributed by atoms with Crippen LogP contribution < -0.4 is 20.5 Å². The minimum absolute atomic E-state index is 0.103. The zero-order valence-corrected chi connectivity index (χ0v) is 19.8. The predicted molar refractivity (Wildman–Crippen MR) is 131 cm³/mol. The van der Waals surface area contributed by atoms with E-state index in [1.54, 1.807) is 29.2 Å². The van der Waals surface area contributed by atoms with Crippen LogP contribution in [0.3, 0.4) is 0 Å². The van der Waals surface area contributed by atoms with Crippen molar-refractivity contribution in [3.63, 3.8) is 0 Å². The topological polar surface area (TPSA) is 70.7 Å². The number of carbonyl (C=O) groups excluding carboxylic acids is 2. The van der Waals surface area contributed by atoms with Gasteiger partial charge in [-0.2, -0.15) is 0 Å². The number of nitrogens with one attached hydrogen (secondary N) is 2. The molecule has 1 aliphatic rings. The second-order valence-electron chi connectivity index (χ2n) is 7.98. The van der Waals surface area contributed by atoms with Crippen molar-refractivity contribution in [3.05, 3.63) is 87.7 Å². The van der Waals surface area contributed by atoms with Crippen molar-refractivity contribution >= 4 is 46.4 Å². The summed E-state index contributed by atoms with van der Waals surface area (Å²) in [5.74, 6) is -1.12. The van der Waals surface area contributed by atoms with E-state index >= 15 is 0 Å². The number of anilines is 2. The lowest BCUT2D eigenvalue weighted by Crippen LogP contribution is -2.36. The maximum atomic E-state index is 14.1. The number of rotatable bonds is 7. The van der Waals surface area contributed by atoms with Crippen LogP contribution in [-0.2, 0) is 16.2 Å². The molecule has 4 rings (SSSR count). The number of carbonyl (C=O) groups is 2. The van der Waals surface area contributed by atoms with Gasteiger partial charge in [0.05, 0.1) is 16.6 Å². The van der Waals surface area contributed by atoms with E-state index in [2.05, 4.69) is 10.9 Å². The zero-order valence-electron chi connectivity index (χ0n) is 18.3. The third kappa shape index (κ3) is 5.43. The van der Waals surface area contributed by atoms with Gasteiger partial charge in [-0.15, -0.1) is 0 Å². The highest BCUT2D eigenvalue weighted by atomic mass is 35.5. The summed E-state index contributed by atoms with van der Waals surface area (Å²) < 4.78 is 19.8. The molecule has 0 spiro atoms. The fourth-order valence-electron chi connectivity index (χ4n) is 3.63. The van der Waals surface area contributed by atoms with Gasteiger partial charge in [0.1, 0.15) is 18.2 Å². The van der Waals surface area contributed by atoms with Crippen molar-refractivity contribution in [1.82, 2.24) is 5.43 Å². The van der Waals surface area contributed by atoms with Crippen molar-refractivity contribution < 1.29 is 18.7 Å². The van der Waals surface area contributed by atoms with E-state index in [9.17, 15) is 14.0 Å². The van der Waals surface area contributed by atoms with Crippen LogP contribution in [0, 0.1) is 18.7 Å². The molecule has 0 aliphatic carbocycles. The minimum Gasteiger partial charge on any atom is -0.487 e. The molecule has 2 amide bonds. The van der Waals surface area contributed by atoms with Gasteiger partial charge >= 0.3 is 0 Å². The molecule has 176 valence electrons. The third-order valence-corrected chi connectivity index (χ3v) is 6.13. The maximum Gasteiger partial charge on any atom is 0.243 e. The van der Waals surface area contributed by atoms with Crippen LogP contribution in [0.2, 0.25) is 10.0 Å². The van der Waals surface area contributed by atoms with Crippen LogP contribution in [0.1, 0.15) is 17.5 Å². The van der Waals surface area contributed by atoms with Crippen molar-refractivity contribution in [1.29, 1.82) is 0 Å². The number of nitrogens with zero attached hydrogens (tertiary/aromatic N) is 1. The Kier molecular flexibility index (Phi) is 7.24. The molecule has 1 fully saturated rings. The van der Waals surface area contributed by atoms with E-state index in [1.807, 2.05) is 31.2 Å². The van der Waals surface area contributed by atoms with E-state index in [1.165, 1.54) is 12.1 Å². The lowest BCUT2D eigenvalue weighted by molar-refractivity contribution is -0.125. The Bertz CT molecular complexity index is 1200. The van der Waals surface area contributed by atoms with Crippen molar-refractivity contribution in [2.75, 3.05) is 16.9 Å². The summed E-state index contributed by atoms with van der Waals surface area (Å²) in [5, 5.41) is 0.662. The highest BCUT2D eigenvalue weighted by molar-refractivity contribution is 6.31. The Morgan fingerprint density at radius 3 is 2.65 bits per heavy atom. The quantitative estimate of drug-likeness (QED) is 0.418. The lowest BCUT2D eigenvalue weighted by Gasteiger charge is -2.18. The number of amides is 2. The number of hydrazine groups is 1. The Morgan fingerprint density at radius 1 is 1.15 bits per heavy atom. The van der Waals surface area contributed by atoms with Crippen molar-refractivity contribution in [2.45, 2.75) is 20.0 Å². The van der Waals surface area contributed by atoms with Gasteiger partial charge in [0.2, 0.25) is 11.8 Å². The summed E-state index contributed by atoms with van der Waals surface area (Å²) in [4.78, 5) is 26.8. The van der Waals surface area contributed by atoms with Crippen molar-refractivity contribution in [3.8, 4) is 5.75 Å². The summed E-state index contributed by atoms with van der Waals surface area (Å²) >= 11 is 12.2. The monoisotopic (exact) mass is 501 g/mol. The molecule has 0 saturated carbocycles. The molecule has 3 aromatic rings. The Hall–Kier alpha value is -3.29. The minimum atomic E-state index is -0.526. The van der Waals surface area contributed by atoms with Crippen LogP contribution in [0.25, 0.3) is 0 Å². The molecule has 1 aliphatic heterocycles. The predicted octanol–water partition coefficient (Wildman–Crippen LogP) is 5.52. The van der Waals surface area contributed by atoms with Crippen LogP contribution in [-0.4, -0.2) is 18.4 Å². The van der Waals surface area contributed by atoms with Gasteiger partial charge in [0.25, 0.3) is 0 Å². The second kappa shape index (κ2) is 10.3. The summed E-state index contributed by atoms with van der Waals surface area (Å²) in [7, 11) is 0. The largest absolute Gasteiger partial charge is 0.487 e. The molecule has 3 aromatic carbocycles. The van der Waals surface area contributed by atoms with Gasteiger partial charge in [-0.05, 0) is 49.4 Å². The number of benzene rings is 3. The third-order valence-electron chi connectivity index (χ3n) is 5.54. The maximum absolute atomic E-state index is 14.1. The zero-order chi connectivity index (χ0) is 24.2. The lowest BCUT2D eigenvalue weighted by atomic mass is 10.1. The molecule has 2 N–H and O–H groups in total. The summed E-state index contributed by atoms with van der Waals surface area (Å²) in [5.41, 5.74) is 7.88. The van der Waals surface area contributed by atoms with Crippen LogP contribution in [0.4, 0.5) is 15.8 Å². The number of halogens is 3. The van der Waals surface area contributed by atoms with E-state index < -0.39 is 11.7 Å². The van der Waals surface area contributed by atoms with E-state index in [4.69, 9.17) is 27.9 Å². The number of hydrogen-bond acceptors (Lipinski definition) is 4. The first kappa shape index (κ1) is 23.9. The molecular weight excluding hydrogens is 480 g/mol.